The molecule has 0 saturated carbocycles. The second-order valence-corrected chi connectivity index (χ2v) is 11.7. The van der Waals surface area contributed by atoms with Gasteiger partial charge in [0.2, 0.25) is 0 Å². The summed E-state index contributed by atoms with van der Waals surface area (Å²) in [6, 6.07) is 59.1. The zero-order valence-corrected chi connectivity index (χ0v) is 25.0. The molecule has 3 nitrogen and oxygen atoms in total. The molecule has 2 heterocycles. The number of hydrogen-bond donors (Lipinski definition) is 0. The highest BCUT2D eigenvalue weighted by Crippen LogP contribution is 2.35. The number of fused-ring (bicyclic) bond motifs is 10. The fourth-order valence-electron chi connectivity index (χ4n) is 7.15. The first-order chi connectivity index (χ1) is 22.8. The summed E-state index contributed by atoms with van der Waals surface area (Å²) in [5, 5.41) is 9.76. The molecule has 216 valence electrons. The molecule has 0 aliphatic rings. The predicted molar refractivity (Wildman–Crippen MR) is 194 cm³/mol. The van der Waals surface area contributed by atoms with Gasteiger partial charge in [-0.15, -0.1) is 0 Å². The standard InChI is InChI=1S/C43H28N2O/c46-43-38-23-9-8-20-35(38)39-28-30(26-27-42(39)45(43)29-14-2-1-3-15-29)44-40-24-12-10-21-36(40)33-18-6-4-16-31(33)32-17-5-7-19-34(32)37-22-11-13-25-41(37)44/h1-28H. The van der Waals surface area contributed by atoms with E-state index in [1.54, 1.807) is 0 Å². The van der Waals surface area contributed by atoms with Crippen LogP contribution in [0.1, 0.15) is 0 Å². The molecule has 0 bridgehead atoms. The SMILES string of the molecule is O=c1c2ccccc2c2cc(-n3c4ccccc4c4ccccc4c4ccccc4c4ccccc43)ccc2n1-c1ccccc1. The van der Waals surface area contributed by atoms with Crippen LogP contribution in [0.5, 0.6) is 0 Å². The first kappa shape index (κ1) is 26.2. The van der Waals surface area contributed by atoms with E-state index in [9.17, 15) is 4.79 Å². The molecule has 0 N–H and O–H groups in total. The molecule has 9 rings (SSSR count). The number of nitrogens with zero attached hydrogens (tertiary/aromatic N) is 2. The Labute approximate surface area is 265 Å². The van der Waals surface area contributed by atoms with E-state index in [0.29, 0.717) is 5.39 Å². The number of rotatable bonds is 2. The van der Waals surface area contributed by atoms with Crippen molar-refractivity contribution >= 4 is 65.0 Å². The number of pyridine rings is 1. The van der Waals surface area contributed by atoms with Crippen LogP contribution in [-0.2, 0) is 0 Å². The molecule has 0 fully saturated rings. The van der Waals surface area contributed by atoms with Gasteiger partial charge in [0.1, 0.15) is 0 Å². The van der Waals surface area contributed by atoms with Gasteiger partial charge >= 0.3 is 0 Å². The monoisotopic (exact) mass is 588 g/mol. The Balaban J connectivity index is 1.53. The van der Waals surface area contributed by atoms with E-state index in [-0.39, 0.29) is 5.56 Å². The Morgan fingerprint density at radius 3 is 1.22 bits per heavy atom. The molecule has 0 amide bonds. The summed E-state index contributed by atoms with van der Waals surface area (Å²) in [4.78, 5) is 14.0. The topological polar surface area (TPSA) is 26.9 Å². The molecular weight excluding hydrogens is 560 g/mol. The largest absolute Gasteiger partial charge is 0.309 e. The minimum Gasteiger partial charge on any atom is -0.309 e. The van der Waals surface area contributed by atoms with Crippen LogP contribution in [0.4, 0.5) is 0 Å². The molecule has 46 heavy (non-hydrogen) atoms. The third kappa shape index (κ3) is 3.96. The van der Waals surface area contributed by atoms with Gasteiger partial charge < -0.3 is 4.57 Å². The molecule has 0 atom stereocenters. The Morgan fingerprint density at radius 1 is 0.283 bits per heavy atom. The predicted octanol–water partition coefficient (Wildman–Crippen LogP) is 10.7. The maximum Gasteiger partial charge on any atom is 0.263 e. The van der Waals surface area contributed by atoms with Crippen molar-refractivity contribution in [2.24, 2.45) is 0 Å². The van der Waals surface area contributed by atoms with Gasteiger partial charge in [0.25, 0.3) is 5.56 Å². The molecular formula is C43H28N2O. The summed E-state index contributed by atoms with van der Waals surface area (Å²) in [6.07, 6.45) is 0. The van der Waals surface area contributed by atoms with Crippen LogP contribution in [0.15, 0.2) is 175 Å². The highest BCUT2D eigenvalue weighted by Gasteiger charge is 2.15. The number of benzene rings is 7. The van der Waals surface area contributed by atoms with Crippen molar-refractivity contribution in [2.75, 3.05) is 0 Å². The van der Waals surface area contributed by atoms with E-state index < -0.39 is 0 Å². The van der Waals surface area contributed by atoms with Crippen LogP contribution in [0.2, 0.25) is 0 Å². The Morgan fingerprint density at radius 2 is 0.674 bits per heavy atom. The first-order valence-corrected chi connectivity index (χ1v) is 15.6. The van der Waals surface area contributed by atoms with Gasteiger partial charge in [0.15, 0.2) is 0 Å². The van der Waals surface area contributed by atoms with Gasteiger partial charge in [-0.3, -0.25) is 9.36 Å². The fourth-order valence-corrected chi connectivity index (χ4v) is 7.15. The lowest BCUT2D eigenvalue weighted by atomic mass is 10.0. The molecule has 7 aromatic carbocycles. The molecule has 9 aromatic rings. The van der Waals surface area contributed by atoms with Crippen molar-refractivity contribution in [2.45, 2.75) is 0 Å². The van der Waals surface area contributed by atoms with Crippen molar-refractivity contribution in [3.63, 3.8) is 0 Å². The molecule has 3 heteroatoms. The van der Waals surface area contributed by atoms with Gasteiger partial charge in [-0.25, -0.2) is 0 Å². The van der Waals surface area contributed by atoms with E-state index in [0.717, 1.165) is 49.5 Å². The average molecular weight is 589 g/mol. The maximum absolute atomic E-state index is 14.0. The van der Waals surface area contributed by atoms with Crippen LogP contribution in [-0.4, -0.2) is 9.13 Å². The van der Waals surface area contributed by atoms with Gasteiger partial charge in [-0.2, -0.15) is 0 Å². The lowest BCUT2D eigenvalue weighted by Crippen LogP contribution is -2.19. The normalized spacial score (nSPS) is 11.6. The lowest BCUT2D eigenvalue weighted by Gasteiger charge is -2.17. The van der Waals surface area contributed by atoms with Crippen LogP contribution >= 0.6 is 0 Å². The van der Waals surface area contributed by atoms with E-state index in [2.05, 4.69) is 126 Å². The zero-order valence-electron chi connectivity index (χ0n) is 25.0. The maximum atomic E-state index is 14.0. The Kier molecular flexibility index (Phi) is 5.97. The van der Waals surface area contributed by atoms with Gasteiger partial charge in [-0.05, 0) is 75.5 Å². The molecule has 0 unspecified atom stereocenters. The summed E-state index contributed by atoms with van der Waals surface area (Å²) >= 11 is 0. The third-order valence-corrected chi connectivity index (χ3v) is 9.16. The molecule has 0 spiro atoms. The molecule has 2 aromatic heterocycles. The van der Waals surface area contributed by atoms with E-state index in [1.807, 2.05) is 53.1 Å². The minimum atomic E-state index is -0.0197. The van der Waals surface area contributed by atoms with Crippen molar-refractivity contribution in [1.82, 2.24) is 9.13 Å². The van der Waals surface area contributed by atoms with Gasteiger partial charge in [-0.1, -0.05) is 121 Å². The lowest BCUT2D eigenvalue weighted by molar-refractivity contribution is 1.06. The van der Waals surface area contributed by atoms with Crippen molar-refractivity contribution in [3.05, 3.63) is 180 Å². The number of para-hydroxylation sites is 3. The summed E-state index contributed by atoms with van der Waals surface area (Å²) in [6.45, 7) is 0. The summed E-state index contributed by atoms with van der Waals surface area (Å²) in [5.74, 6) is 0. The summed E-state index contributed by atoms with van der Waals surface area (Å²) in [7, 11) is 0. The second kappa shape index (κ2) is 10.5. The van der Waals surface area contributed by atoms with Gasteiger partial charge in [0.05, 0.1) is 16.6 Å². The second-order valence-electron chi connectivity index (χ2n) is 11.7. The third-order valence-electron chi connectivity index (χ3n) is 9.16. The highest BCUT2D eigenvalue weighted by atomic mass is 16.1. The van der Waals surface area contributed by atoms with Gasteiger partial charge in [0, 0.05) is 32.9 Å². The molecule has 0 aliphatic carbocycles. The van der Waals surface area contributed by atoms with Crippen LogP contribution < -0.4 is 5.56 Å². The average Bonchev–Trinajstić information content (AvgIpc) is 3.17. The number of aromatic nitrogens is 2. The Hall–Kier alpha value is -6.19. The quantitative estimate of drug-likeness (QED) is 0.185. The summed E-state index contributed by atoms with van der Waals surface area (Å²) in [5.41, 5.74) is 4.91. The molecule has 0 aliphatic heterocycles. The summed E-state index contributed by atoms with van der Waals surface area (Å²) < 4.78 is 4.23. The van der Waals surface area contributed by atoms with Crippen LogP contribution in [0.25, 0.3) is 76.4 Å². The zero-order chi connectivity index (χ0) is 30.6. The minimum absolute atomic E-state index is 0.0197. The van der Waals surface area contributed by atoms with Crippen molar-refractivity contribution < 1.29 is 0 Å². The van der Waals surface area contributed by atoms with E-state index >= 15 is 0 Å². The fraction of sp³-hybridized carbons (Fsp3) is 0. The molecule has 0 saturated heterocycles. The van der Waals surface area contributed by atoms with Crippen molar-refractivity contribution in [3.8, 4) is 11.4 Å². The Bertz CT molecular complexity index is 2670. The van der Waals surface area contributed by atoms with Crippen LogP contribution in [0, 0.1) is 0 Å². The van der Waals surface area contributed by atoms with E-state index in [4.69, 9.17) is 0 Å². The van der Waals surface area contributed by atoms with E-state index in [1.165, 1.54) is 21.5 Å². The van der Waals surface area contributed by atoms with Crippen LogP contribution in [0.3, 0.4) is 0 Å². The van der Waals surface area contributed by atoms with Crippen molar-refractivity contribution in [1.29, 1.82) is 0 Å². The first-order valence-electron chi connectivity index (χ1n) is 15.6. The highest BCUT2D eigenvalue weighted by molar-refractivity contribution is 6.19. The number of hydrogen-bond acceptors (Lipinski definition) is 1. The smallest absolute Gasteiger partial charge is 0.263 e. The molecule has 0 radical (unpaired) electrons.